The SMILES string of the molecule is CCc1nn(CC(=O)NCCCN2C[C@H](C)C[C@@H](C)C2)c(=O)c2cc3sc(C)cc3n12. The van der Waals surface area contributed by atoms with Crippen molar-refractivity contribution in [2.45, 2.75) is 53.5 Å². The topological polar surface area (TPSA) is 71.6 Å². The molecule has 1 N–H and O–H groups in total. The molecule has 7 nitrogen and oxygen atoms in total. The molecule has 0 aliphatic carbocycles. The minimum Gasteiger partial charge on any atom is -0.354 e. The van der Waals surface area contributed by atoms with Crippen LogP contribution >= 0.6 is 11.3 Å². The van der Waals surface area contributed by atoms with Crippen LogP contribution in [-0.2, 0) is 17.8 Å². The summed E-state index contributed by atoms with van der Waals surface area (Å²) in [6.45, 7) is 12.6. The molecule has 0 spiro atoms. The van der Waals surface area contributed by atoms with Crippen molar-refractivity contribution < 1.29 is 4.79 Å². The van der Waals surface area contributed by atoms with Crippen LogP contribution in [0.4, 0.5) is 0 Å². The third-order valence-electron chi connectivity index (χ3n) is 6.09. The summed E-state index contributed by atoms with van der Waals surface area (Å²) in [4.78, 5) is 29.2. The third-order valence-corrected chi connectivity index (χ3v) is 7.07. The Morgan fingerprint density at radius 2 is 1.97 bits per heavy atom. The third kappa shape index (κ3) is 4.70. The quantitative estimate of drug-likeness (QED) is 0.570. The first kappa shape index (κ1) is 22.0. The highest BCUT2D eigenvalue weighted by atomic mass is 32.1. The minimum atomic E-state index is -0.218. The van der Waals surface area contributed by atoms with Crippen LogP contribution in [0, 0.1) is 18.8 Å². The maximum Gasteiger partial charge on any atom is 0.291 e. The van der Waals surface area contributed by atoms with Crippen LogP contribution in [0.3, 0.4) is 0 Å². The number of fused-ring (bicyclic) bond motifs is 3. The highest BCUT2D eigenvalue weighted by Crippen LogP contribution is 2.28. The van der Waals surface area contributed by atoms with Gasteiger partial charge in [-0.15, -0.1) is 11.3 Å². The van der Waals surface area contributed by atoms with E-state index < -0.39 is 0 Å². The van der Waals surface area contributed by atoms with Gasteiger partial charge in [-0.1, -0.05) is 20.8 Å². The van der Waals surface area contributed by atoms with Crippen molar-refractivity contribution in [3.05, 3.63) is 33.2 Å². The average molecular weight is 444 g/mol. The lowest BCUT2D eigenvalue weighted by Gasteiger charge is -2.34. The number of rotatable bonds is 7. The molecule has 0 unspecified atom stereocenters. The normalized spacial score (nSPS) is 20.0. The van der Waals surface area contributed by atoms with Gasteiger partial charge in [0.2, 0.25) is 5.91 Å². The number of hydrogen-bond donors (Lipinski definition) is 1. The second kappa shape index (κ2) is 9.12. The molecule has 4 heterocycles. The Bertz CT molecular complexity index is 1130. The molecule has 0 radical (unpaired) electrons. The number of carbonyl (C=O) groups excluding carboxylic acids is 1. The van der Waals surface area contributed by atoms with Crippen molar-refractivity contribution in [2.75, 3.05) is 26.2 Å². The zero-order chi connectivity index (χ0) is 22.1. The fourth-order valence-corrected chi connectivity index (χ4v) is 5.89. The van der Waals surface area contributed by atoms with Gasteiger partial charge in [0.15, 0.2) is 0 Å². The summed E-state index contributed by atoms with van der Waals surface area (Å²) in [7, 11) is 0. The monoisotopic (exact) mass is 443 g/mol. The van der Waals surface area contributed by atoms with Gasteiger partial charge in [-0.25, -0.2) is 4.68 Å². The van der Waals surface area contributed by atoms with Crippen LogP contribution in [0.2, 0.25) is 0 Å². The second-order valence-corrected chi connectivity index (χ2v) is 10.4. The van der Waals surface area contributed by atoms with Gasteiger partial charge in [-0.05, 0) is 50.3 Å². The van der Waals surface area contributed by atoms with Crippen molar-refractivity contribution in [3.8, 4) is 0 Å². The summed E-state index contributed by atoms with van der Waals surface area (Å²) in [5.74, 6) is 2.12. The summed E-state index contributed by atoms with van der Waals surface area (Å²) in [6.07, 6.45) is 2.91. The van der Waals surface area contributed by atoms with Crippen molar-refractivity contribution in [1.29, 1.82) is 0 Å². The Kier molecular flexibility index (Phi) is 6.48. The highest BCUT2D eigenvalue weighted by molar-refractivity contribution is 7.19. The van der Waals surface area contributed by atoms with Gasteiger partial charge in [-0.3, -0.25) is 14.0 Å². The molecule has 31 heavy (non-hydrogen) atoms. The van der Waals surface area contributed by atoms with Gasteiger partial charge in [0.1, 0.15) is 17.9 Å². The van der Waals surface area contributed by atoms with E-state index in [1.807, 2.05) is 17.4 Å². The van der Waals surface area contributed by atoms with Gasteiger partial charge >= 0.3 is 0 Å². The van der Waals surface area contributed by atoms with Crippen molar-refractivity contribution in [3.63, 3.8) is 0 Å². The maximum atomic E-state index is 13.0. The Labute approximate surface area is 187 Å². The minimum absolute atomic E-state index is 0.0437. The maximum absolute atomic E-state index is 13.0. The number of thiophene rings is 1. The molecule has 1 saturated heterocycles. The summed E-state index contributed by atoms with van der Waals surface area (Å²) < 4.78 is 4.33. The lowest BCUT2D eigenvalue weighted by Crippen LogP contribution is -2.40. The van der Waals surface area contributed by atoms with Crippen LogP contribution in [0.15, 0.2) is 16.9 Å². The van der Waals surface area contributed by atoms with E-state index in [0.717, 1.165) is 53.9 Å². The molecule has 1 fully saturated rings. The largest absolute Gasteiger partial charge is 0.354 e. The number of piperidine rings is 1. The average Bonchev–Trinajstić information content (AvgIpc) is 3.23. The van der Waals surface area contributed by atoms with Crippen LogP contribution in [0.5, 0.6) is 0 Å². The van der Waals surface area contributed by atoms with Gasteiger partial charge in [0.05, 0.1) is 10.2 Å². The summed E-state index contributed by atoms with van der Waals surface area (Å²) in [5, 5.41) is 7.48. The fourth-order valence-electron chi connectivity index (χ4n) is 4.95. The smallest absolute Gasteiger partial charge is 0.291 e. The fraction of sp³-hybridized carbons (Fsp3) is 0.609. The summed E-state index contributed by atoms with van der Waals surface area (Å²) in [5.41, 5.74) is 1.40. The van der Waals surface area contributed by atoms with E-state index in [4.69, 9.17) is 0 Å². The molecule has 1 amide bonds. The Hall–Kier alpha value is -2.19. The molecule has 3 aromatic rings. The molecule has 0 aromatic carbocycles. The van der Waals surface area contributed by atoms with Gasteiger partial charge in [0, 0.05) is 30.9 Å². The number of aryl methyl sites for hydroxylation is 2. The van der Waals surface area contributed by atoms with Gasteiger partial charge < -0.3 is 10.2 Å². The van der Waals surface area contributed by atoms with E-state index in [-0.39, 0.29) is 18.0 Å². The Balaban J connectivity index is 1.39. The van der Waals surface area contributed by atoms with E-state index in [1.54, 1.807) is 11.3 Å². The zero-order valence-corrected chi connectivity index (χ0v) is 19.8. The van der Waals surface area contributed by atoms with Crippen LogP contribution in [-0.4, -0.2) is 51.2 Å². The van der Waals surface area contributed by atoms with E-state index in [9.17, 15) is 9.59 Å². The molecule has 0 saturated carbocycles. The van der Waals surface area contributed by atoms with E-state index in [0.29, 0.717) is 18.5 Å². The van der Waals surface area contributed by atoms with Crippen LogP contribution < -0.4 is 10.9 Å². The lowest BCUT2D eigenvalue weighted by molar-refractivity contribution is -0.121. The summed E-state index contributed by atoms with van der Waals surface area (Å²) >= 11 is 1.67. The van der Waals surface area contributed by atoms with Gasteiger partial charge in [-0.2, -0.15) is 5.10 Å². The first-order chi connectivity index (χ1) is 14.9. The number of hydrogen-bond acceptors (Lipinski definition) is 5. The number of aromatic nitrogens is 3. The predicted molar refractivity (Wildman–Crippen MR) is 126 cm³/mol. The number of amides is 1. The molecule has 8 heteroatoms. The summed E-state index contributed by atoms with van der Waals surface area (Å²) in [6, 6.07) is 4.01. The number of carbonyl (C=O) groups is 1. The van der Waals surface area contributed by atoms with E-state index >= 15 is 0 Å². The number of nitrogens with one attached hydrogen (secondary N) is 1. The van der Waals surface area contributed by atoms with Crippen molar-refractivity contribution in [2.24, 2.45) is 11.8 Å². The molecule has 2 atom stereocenters. The molecule has 1 aliphatic rings. The Morgan fingerprint density at radius 1 is 1.23 bits per heavy atom. The molecular weight excluding hydrogens is 410 g/mol. The van der Waals surface area contributed by atoms with Crippen LogP contribution in [0.1, 0.15) is 44.3 Å². The van der Waals surface area contributed by atoms with Gasteiger partial charge in [0.25, 0.3) is 5.56 Å². The number of likely N-dealkylation sites (tertiary alicyclic amines) is 1. The molecule has 4 rings (SSSR count). The molecule has 0 bridgehead atoms. The highest BCUT2D eigenvalue weighted by Gasteiger charge is 2.21. The molecule has 1 aliphatic heterocycles. The zero-order valence-electron chi connectivity index (χ0n) is 19.0. The van der Waals surface area contributed by atoms with Crippen molar-refractivity contribution in [1.82, 2.24) is 24.4 Å². The first-order valence-corrected chi connectivity index (χ1v) is 12.2. The van der Waals surface area contributed by atoms with Crippen LogP contribution in [0.25, 0.3) is 15.7 Å². The molecule has 3 aromatic heterocycles. The molecular formula is C23H33N5O2S. The Morgan fingerprint density at radius 3 is 2.68 bits per heavy atom. The second-order valence-electron chi connectivity index (χ2n) is 9.11. The van der Waals surface area contributed by atoms with E-state index in [2.05, 4.69) is 42.2 Å². The van der Waals surface area contributed by atoms with Crippen molar-refractivity contribution >= 4 is 33.0 Å². The first-order valence-electron chi connectivity index (χ1n) is 11.4. The molecule has 168 valence electrons. The standard InChI is InChI=1S/C23H33N5O2S/c1-5-21-25-27(23(30)19-11-20-18(28(19)21)10-17(4)31-20)14-22(29)24-7-6-8-26-12-15(2)9-16(3)13-26/h10-11,15-16H,5-9,12-14H2,1-4H3,(H,24,29)/t15-,16-/m1/s1. The predicted octanol–water partition coefficient (Wildman–Crippen LogP) is 3.07. The lowest BCUT2D eigenvalue weighted by atomic mass is 9.92. The number of nitrogens with zero attached hydrogens (tertiary/aromatic N) is 4. The van der Waals surface area contributed by atoms with E-state index in [1.165, 1.54) is 16.0 Å².